The van der Waals surface area contributed by atoms with Gasteiger partial charge < -0.3 is 5.32 Å². The molecule has 0 spiro atoms. The van der Waals surface area contributed by atoms with E-state index in [9.17, 15) is 9.59 Å². The summed E-state index contributed by atoms with van der Waals surface area (Å²) in [5.41, 5.74) is 0. The van der Waals surface area contributed by atoms with E-state index in [2.05, 4.69) is 5.32 Å². The molecule has 0 saturated heterocycles. The number of nitrogens with one attached hydrogen (secondary N) is 1. The first-order chi connectivity index (χ1) is 7.69. The number of carbonyl (C=O) groups is 2. The number of likely N-dealkylation sites (N-methyl/N-ethyl adjacent to an activating group) is 2. The van der Waals surface area contributed by atoms with Crippen LogP contribution in [0.4, 0.5) is 0 Å². The van der Waals surface area contributed by atoms with Crippen molar-refractivity contribution in [2.24, 2.45) is 0 Å². The summed E-state index contributed by atoms with van der Waals surface area (Å²) in [4.78, 5) is 25.3. The number of hydrogen-bond acceptors (Lipinski definition) is 3. The van der Waals surface area contributed by atoms with Crippen LogP contribution < -0.4 is 5.32 Å². The first-order valence-electron chi connectivity index (χ1n) is 6.22. The lowest BCUT2D eigenvalue weighted by Crippen LogP contribution is -2.47. The summed E-state index contributed by atoms with van der Waals surface area (Å²) in [6.45, 7) is 5.66. The maximum absolute atomic E-state index is 11.8. The van der Waals surface area contributed by atoms with Crippen LogP contribution in [0.3, 0.4) is 0 Å². The number of nitrogens with zero attached hydrogens (tertiary/aromatic N) is 1. The molecule has 0 aromatic rings. The van der Waals surface area contributed by atoms with Gasteiger partial charge in [-0.25, -0.2) is 0 Å². The van der Waals surface area contributed by atoms with E-state index in [4.69, 9.17) is 0 Å². The Bertz CT molecular complexity index is 253. The highest BCUT2D eigenvalue weighted by Crippen LogP contribution is 2.19. The van der Waals surface area contributed by atoms with E-state index < -0.39 is 0 Å². The molecule has 1 rings (SSSR count). The van der Waals surface area contributed by atoms with Gasteiger partial charge in [-0.1, -0.05) is 13.3 Å². The van der Waals surface area contributed by atoms with E-state index in [1.807, 2.05) is 18.7 Å². The quantitative estimate of drug-likeness (QED) is 0.759. The van der Waals surface area contributed by atoms with Crippen LogP contribution in [0.1, 0.15) is 39.5 Å². The van der Waals surface area contributed by atoms with E-state index in [-0.39, 0.29) is 11.9 Å². The van der Waals surface area contributed by atoms with E-state index >= 15 is 0 Å². The van der Waals surface area contributed by atoms with Crippen LogP contribution in [0.25, 0.3) is 0 Å². The minimum Gasteiger partial charge on any atom is -0.355 e. The van der Waals surface area contributed by atoms with Crippen LogP contribution in [0.5, 0.6) is 0 Å². The van der Waals surface area contributed by atoms with Crippen molar-refractivity contribution in [1.29, 1.82) is 0 Å². The van der Waals surface area contributed by atoms with Gasteiger partial charge in [0.05, 0.1) is 12.6 Å². The Morgan fingerprint density at radius 1 is 1.44 bits per heavy atom. The Labute approximate surface area is 97.4 Å². The maximum Gasteiger partial charge on any atom is 0.234 e. The monoisotopic (exact) mass is 226 g/mol. The van der Waals surface area contributed by atoms with Gasteiger partial charge in [0, 0.05) is 13.0 Å². The molecule has 1 atom stereocenters. The molecule has 4 nitrogen and oxygen atoms in total. The van der Waals surface area contributed by atoms with Crippen LogP contribution in [-0.2, 0) is 9.59 Å². The SMILES string of the molecule is CCNC(=O)CN(CC)C1CCCCC1=O. The van der Waals surface area contributed by atoms with Crippen LogP contribution in [0.15, 0.2) is 0 Å². The molecule has 1 saturated carbocycles. The summed E-state index contributed by atoms with van der Waals surface area (Å²) >= 11 is 0. The standard InChI is InChI=1S/C12H22N2O2/c1-3-13-12(16)9-14(4-2)10-7-5-6-8-11(10)15/h10H,3-9H2,1-2H3,(H,13,16). The second kappa shape index (κ2) is 6.63. The van der Waals surface area contributed by atoms with Crippen molar-refractivity contribution >= 4 is 11.7 Å². The molecule has 1 N–H and O–H groups in total. The second-order valence-electron chi connectivity index (χ2n) is 4.24. The zero-order chi connectivity index (χ0) is 12.0. The molecular weight excluding hydrogens is 204 g/mol. The molecule has 1 amide bonds. The molecule has 0 bridgehead atoms. The summed E-state index contributed by atoms with van der Waals surface area (Å²) in [5, 5.41) is 2.77. The molecule has 0 heterocycles. The topological polar surface area (TPSA) is 49.4 Å². The minimum atomic E-state index is -0.0265. The van der Waals surface area contributed by atoms with Gasteiger partial charge in [-0.15, -0.1) is 0 Å². The van der Waals surface area contributed by atoms with E-state index in [0.29, 0.717) is 25.3 Å². The summed E-state index contributed by atoms with van der Waals surface area (Å²) in [6, 6.07) is -0.0265. The van der Waals surface area contributed by atoms with Crippen LogP contribution in [0.2, 0.25) is 0 Å². The highest BCUT2D eigenvalue weighted by Gasteiger charge is 2.28. The molecule has 1 unspecified atom stereocenters. The molecule has 4 heteroatoms. The lowest BCUT2D eigenvalue weighted by Gasteiger charge is -2.31. The van der Waals surface area contributed by atoms with Crippen LogP contribution in [0, 0.1) is 0 Å². The van der Waals surface area contributed by atoms with Gasteiger partial charge in [-0.2, -0.15) is 0 Å². The maximum atomic E-state index is 11.8. The largest absolute Gasteiger partial charge is 0.355 e. The molecule has 1 fully saturated rings. The highest BCUT2D eigenvalue weighted by molar-refractivity contribution is 5.85. The van der Waals surface area contributed by atoms with Gasteiger partial charge >= 0.3 is 0 Å². The number of Topliss-reactive ketones (excluding diaryl/α,β-unsaturated/α-hetero) is 1. The third-order valence-corrected chi connectivity index (χ3v) is 3.09. The Balaban J connectivity index is 2.51. The minimum absolute atomic E-state index is 0.0164. The van der Waals surface area contributed by atoms with Crippen molar-refractivity contribution in [2.75, 3.05) is 19.6 Å². The molecule has 0 aromatic carbocycles. The van der Waals surface area contributed by atoms with Crippen molar-refractivity contribution in [1.82, 2.24) is 10.2 Å². The first kappa shape index (κ1) is 13.2. The average Bonchev–Trinajstić information content (AvgIpc) is 2.27. The van der Waals surface area contributed by atoms with Gasteiger partial charge in [0.2, 0.25) is 5.91 Å². The third kappa shape index (κ3) is 3.59. The lowest BCUT2D eigenvalue weighted by molar-refractivity contribution is -0.128. The summed E-state index contributed by atoms with van der Waals surface area (Å²) in [5.74, 6) is 0.320. The van der Waals surface area contributed by atoms with Crippen molar-refractivity contribution in [3.05, 3.63) is 0 Å². The van der Waals surface area contributed by atoms with Gasteiger partial charge in [-0.05, 0) is 26.3 Å². The molecule has 16 heavy (non-hydrogen) atoms. The van der Waals surface area contributed by atoms with Crippen molar-refractivity contribution in [3.63, 3.8) is 0 Å². The molecular formula is C12H22N2O2. The number of carbonyl (C=O) groups excluding carboxylic acids is 2. The fraction of sp³-hybridized carbons (Fsp3) is 0.833. The zero-order valence-electron chi connectivity index (χ0n) is 10.3. The summed E-state index contributed by atoms with van der Waals surface area (Å²) < 4.78 is 0. The molecule has 92 valence electrons. The number of ketones is 1. The van der Waals surface area contributed by atoms with Gasteiger partial charge in [0.15, 0.2) is 0 Å². The molecule has 1 aliphatic rings. The molecule has 0 aromatic heterocycles. The number of hydrogen-bond donors (Lipinski definition) is 1. The van der Waals surface area contributed by atoms with Crippen molar-refractivity contribution in [3.8, 4) is 0 Å². The molecule has 0 radical (unpaired) electrons. The molecule has 1 aliphatic carbocycles. The van der Waals surface area contributed by atoms with Gasteiger partial charge in [0.25, 0.3) is 0 Å². The fourth-order valence-corrected chi connectivity index (χ4v) is 2.23. The number of rotatable bonds is 5. The van der Waals surface area contributed by atoms with Gasteiger partial charge in [0.1, 0.15) is 5.78 Å². The van der Waals surface area contributed by atoms with E-state index in [1.165, 1.54) is 0 Å². The highest BCUT2D eigenvalue weighted by atomic mass is 16.2. The van der Waals surface area contributed by atoms with Crippen molar-refractivity contribution in [2.45, 2.75) is 45.6 Å². The van der Waals surface area contributed by atoms with Crippen LogP contribution in [-0.4, -0.2) is 42.3 Å². The lowest BCUT2D eigenvalue weighted by atomic mass is 9.93. The predicted molar refractivity (Wildman–Crippen MR) is 63.2 cm³/mol. The van der Waals surface area contributed by atoms with Crippen LogP contribution >= 0.6 is 0 Å². The predicted octanol–water partition coefficient (Wildman–Crippen LogP) is 0.956. The smallest absolute Gasteiger partial charge is 0.234 e. The Kier molecular flexibility index (Phi) is 5.46. The normalized spacial score (nSPS) is 21.2. The second-order valence-corrected chi connectivity index (χ2v) is 4.24. The van der Waals surface area contributed by atoms with Gasteiger partial charge in [-0.3, -0.25) is 14.5 Å². The Morgan fingerprint density at radius 3 is 2.75 bits per heavy atom. The molecule has 0 aliphatic heterocycles. The zero-order valence-corrected chi connectivity index (χ0v) is 10.3. The Hall–Kier alpha value is -0.900. The summed E-state index contributed by atoms with van der Waals surface area (Å²) in [7, 11) is 0. The summed E-state index contributed by atoms with van der Waals surface area (Å²) in [6.07, 6.45) is 3.69. The van der Waals surface area contributed by atoms with E-state index in [0.717, 1.165) is 25.8 Å². The first-order valence-corrected chi connectivity index (χ1v) is 6.22. The van der Waals surface area contributed by atoms with Crippen molar-refractivity contribution < 1.29 is 9.59 Å². The average molecular weight is 226 g/mol. The van der Waals surface area contributed by atoms with E-state index in [1.54, 1.807) is 0 Å². The Morgan fingerprint density at radius 2 is 2.19 bits per heavy atom. The third-order valence-electron chi connectivity index (χ3n) is 3.09. The fourth-order valence-electron chi connectivity index (χ4n) is 2.23. The number of amides is 1.